The van der Waals surface area contributed by atoms with Gasteiger partial charge in [0.2, 0.25) is 0 Å². The summed E-state index contributed by atoms with van der Waals surface area (Å²) < 4.78 is 0. The fourth-order valence-corrected chi connectivity index (χ4v) is 4.91. The van der Waals surface area contributed by atoms with Gasteiger partial charge in [-0.3, -0.25) is 14.4 Å². The highest BCUT2D eigenvalue weighted by Gasteiger charge is 2.26. The average molecular weight is 456 g/mol. The number of hydrogen-bond donors (Lipinski definition) is 2. The minimum atomic E-state index is -0.531. The van der Waals surface area contributed by atoms with E-state index in [4.69, 9.17) is 5.73 Å². The molecule has 0 saturated carbocycles. The molecule has 1 aliphatic heterocycles. The van der Waals surface area contributed by atoms with Crippen LogP contribution in [0, 0.1) is 0 Å². The second-order valence-corrected chi connectivity index (χ2v) is 8.39. The van der Waals surface area contributed by atoms with Crippen molar-refractivity contribution in [2.45, 2.75) is 13.0 Å². The number of halogens is 1. The summed E-state index contributed by atoms with van der Waals surface area (Å²) in [6.07, 6.45) is 0.729. The lowest BCUT2D eigenvalue weighted by atomic mass is 10.0. The fourth-order valence-electron chi connectivity index (χ4n) is 3.58. The van der Waals surface area contributed by atoms with Crippen molar-refractivity contribution in [2.75, 3.05) is 18.9 Å². The maximum Gasteiger partial charge on any atom is 0.256 e. The second-order valence-electron chi connectivity index (χ2n) is 7.29. The molecule has 0 unspecified atom stereocenters. The van der Waals surface area contributed by atoms with Crippen molar-refractivity contribution < 1.29 is 14.4 Å². The number of likely N-dealkylation sites (N-methyl/N-ethyl adjacent to an activating group) is 1. The van der Waals surface area contributed by atoms with E-state index >= 15 is 0 Å². The number of nitrogens with zero attached hydrogens (tertiary/aromatic N) is 1. The van der Waals surface area contributed by atoms with Crippen molar-refractivity contribution in [1.82, 2.24) is 4.90 Å². The van der Waals surface area contributed by atoms with Gasteiger partial charge in [-0.2, -0.15) is 0 Å². The highest BCUT2D eigenvalue weighted by atomic mass is 35.5. The van der Waals surface area contributed by atoms with Gasteiger partial charge in [0.1, 0.15) is 5.00 Å². The first-order chi connectivity index (χ1) is 14.4. The Morgan fingerprint density at radius 3 is 2.23 bits per heavy atom. The van der Waals surface area contributed by atoms with E-state index in [1.807, 2.05) is 25.2 Å². The number of hydrogen-bond acceptors (Lipinski definition) is 5. The van der Waals surface area contributed by atoms with Crippen LogP contribution in [0.15, 0.2) is 54.6 Å². The summed E-state index contributed by atoms with van der Waals surface area (Å²) in [5.41, 5.74) is 8.45. The van der Waals surface area contributed by atoms with Crippen LogP contribution in [0.4, 0.5) is 5.00 Å². The topological polar surface area (TPSA) is 92.5 Å². The minimum Gasteiger partial charge on any atom is -0.365 e. The van der Waals surface area contributed by atoms with Crippen LogP contribution < -0.4 is 11.1 Å². The molecule has 0 spiro atoms. The van der Waals surface area contributed by atoms with Crippen LogP contribution in [-0.4, -0.2) is 36.1 Å². The van der Waals surface area contributed by atoms with Crippen LogP contribution in [0.2, 0.25) is 0 Å². The van der Waals surface area contributed by atoms with Gasteiger partial charge in [-0.25, -0.2) is 0 Å². The first-order valence-corrected chi connectivity index (χ1v) is 10.4. The van der Waals surface area contributed by atoms with Crippen LogP contribution in [0.3, 0.4) is 0 Å². The molecule has 6 nitrogen and oxygen atoms in total. The van der Waals surface area contributed by atoms with Crippen molar-refractivity contribution in [1.29, 1.82) is 0 Å². The quantitative estimate of drug-likeness (QED) is 0.573. The van der Waals surface area contributed by atoms with E-state index in [0.717, 1.165) is 30.0 Å². The van der Waals surface area contributed by atoms with Crippen molar-refractivity contribution in [3.8, 4) is 0 Å². The van der Waals surface area contributed by atoms with Crippen LogP contribution in [0.25, 0.3) is 0 Å². The molecule has 2 aromatic carbocycles. The number of fused-ring (bicyclic) bond motifs is 1. The first kappa shape index (κ1) is 22.7. The average Bonchev–Trinajstić information content (AvgIpc) is 3.11. The smallest absolute Gasteiger partial charge is 0.256 e. The Labute approximate surface area is 190 Å². The predicted molar refractivity (Wildman–Crippen MR) is 124 cm³/mol. The monoisotopic (exact) mass is 455 g/mol. The normalized spacial score (nSPS) is 13.1. The molecule has 8 heteroatoms. The van der Waals surface area contributed by atoms with Gasteiger partial charge in [0.15, 0.2) is 5.78 Å². The highest BCUT2D eigenvalue weighted by Crippen LogP contribution is 2.36. The molecule has 4 rings (SSSR count). The van der Waals surface area contributed by atoms with E-state index < -0.39 is 5.91 Å². The fraction of sp³-hybridized carbons (Fsp3) is 0.174. The number of nitrogens with two attached hydrogens (primary N) is 1. The van der Waals surface area contributed by atoms with Crippen molar-refractivity contribution in [3.05, 3.63) is 87.3 Å². The van der Waals surface area contributed by atoms with Crippen LogP contribution in [-0.2, 0) is 13.0 Å². The molecule has 3 aromatic rings. The molecule has 0 fully saturated rings. The summed E-state index contributed by atoms with van der Waals surface area (Å²) in [6, 6.07) is 15.5. The lowest BCUT2D eigenvalue weighted by Crippen LogP contribution is -2.27. The number of nitrogens with one attached hydrogen (secondary N) is 1. The van der Waals surface area contributed by atoms with E-state index in [0.29, 0.717) is 27.3 Å². The molecule has 0 saturated heterocycles. The first-order valence-electron chi connectivity index (χ1n) is 9.58. The third kappa shape index (κ3) is 4.69. The number of benzene rings is 2. The molecule has 0 atom stereocenters. The zero-order valence-electron chi connectivity index (χ0n) is 16.9. The molecule has 0 aliphatic carbocycles. The van der Waals surface area contributed by atoms with Crippen molar-refractivity contribution >= 4 is 46.3 Å². The zero-order chi connectivity index (χ0) is 21.3. The Morgan fingerprint density at radius 1 is 0.968 bits per heavy atom. The van der Waals surface area contributed by atoms with Crippen molar-refractivity contribution in [2.24, 2.45) is 5.73 Å². The Kier molecular flexibility index (Phi) is 6.90. The van der Waals surface area contributed by atoms with Crippen LogP contribution in [0.1, 0.15) is 47.1 Å². The number of ketones is 1. The van der Waals surface area contributed by atoms with Gasteiger partial charge in [0, 0.05) is 34.7 Å². The van der Waals surface area contributed by atoms with E-state index in [1.54, 1.807) is 36.4 Å². The molecule has 0 bridgehead atoms. The summed E-state index contributed by atoms with van der Waals surface area (Å²) in [5, 5.41) is 3.32. The van der Waals surface area contributed by atoms with Gasteiger partial charge in [-0.15, -0.1) is 23.7 Å². The summed E-state index contributed by atoms with van der Waals surface area (Å²) in [4.78, 5) is 40.5. The van der Waals surface area contributed by atoms with Gasteiger partial charge >= 0.3 is 0 Å². The molecule has 1 aliphatic rings. The maximum absolute atomic E-state index is 12.8. The number of anilines is 1. The molecule has 160 valence electrons. The third-order valence-corrected chi connectivity index (χ3v) is 6.30. The van der Waals surface area contributed by atoms with Crippen molar-refractivity contribution in [3.63, 3.8) is 0 Å². The van der Waals surface area contributed by atoms with Gasteiger partial charge in [-0.1, -0.05) is 42.5 Å². The SMILES string of the molecule is CN1CCc2c(sc(NC(=O)c3ccc(C(=O)c4ccccc4)cc3)c2C(N)=O)C1.Cl. The number of carbonyl (C=O) groups is 3. The van der Waals surface area contributed by atoms with E-state index in [2.05, 4.69) is 10.2 Å². The molecule has 3 N–H and O–H groups in total. The zero-order valence-corrected chi connectivity index (χ0v) is 18.5. The molecule has 0 radical (unpaired) electrons. The number of thiophene rings is 1. The van der Waals surface area contributed by atoms with Crippen LogP contribution in [0.5, 0.6) is 0 Å². The standard InChI is InChI=1S/C23H21N3O3S.ClH/c1-26-12-11-17-18(13-26)30-23(19(17)21(24)28)25-22(29)16-9-7-15(8-10-16)20(27)14-5-3-2-4-6-14;/h2-10H,11-13H2,1H3,(H2,24,28)(H,25,29);1H. The second kappa shape index (κ2) is 9.43. The van der Waals surface area contributed by atoms with Gasteiger partial charge in [0.25, 0.3) is 11.8 Å². The number of amides is 2. The van der Waals surface area contributed by atoms with Gasteiger partial charge in [-0.05, 0) is 31.2 Å². The van der Waals surface area contributed by atoms with Crippen LogP contribution >= 0.6 is 23.7 Å². The summed E-state index contributed by atoms with van der Waals surface area (Å²) in [7, 11) is 2.02. The lowest BCUT2D eigenvalue weighted by molar-refractivity contribution is 0.0998. The number of rotatable bonds is 5. The third-order valence-electron chi connectivity index (χ3n) is 5.17. The van der Waals surface area contributed by atoms with Gasteiger partial charge in [0.05, 0.1) is 5.56 Å². The van der Waals surface area contributed by atoms with Gasteiger partial charge < -0.3 is 16.0 Å². The number of carbonyl (C=O) groups excluding carboxylic acids is 3. The summed E-state index contributed by atoms with van der Waals surface area (Å²) in [6.45, 7) is 1.57. The maximum atomic E-state index is 12.8. The number of primary amides is 1. The molecular formula is C23H22ClN3O3S. The predicted octanol–water partition coefficient (Wildman–Crippen LogP) is 3.74. The molecule has 2 heterocycles. The van der Waals surface area contributed by atoms with E-state index in [9.17, 15) is 14.4 Å². The van der Waals surface area contributed by atoms with E-state index in [-0.39, 0.29) is 24.1 Å². The molecule has 1 aromatic heterocycles. The molecular weight excluding hydrogens is 434 g/mol. The Bertz CT molecular complexity index is 1130. The summed E-state index contributed by atoms with van der Waals surface area (Å²) in [5.74, 6) is -0.979. The Hall–Kier alpha value is -3.00. The minimum absolute atomic E-state index is 0. The molecule has 2 amide bonds. The Balaban J connectivity index is 0.00000272. The highest BCUT2D eigenvalue weighted by molar-refractivity contribution is 7.17. The summed E-state index contributed by atoms with van der Waals surface area (Å²) >= 11 is 1.39. The molecule has 31 heavy (non-hydrogen) atoms. The van der Waals surface area contributed by atoms with E-state index in [1.165, 1.54) is 11.3 Å². The Morgan fingerprint density at radius 2 is 1.58 bits per heavy atom. The lowest BCUT2D eigenvalue weighted by Gasteiger charge is -2.22. The largest absolute Gasteiger partial charge is 0.365 e.